The van der Waals surface area contributed by atoms with Crippen molar-refractivity contribution in [2.45, 2.75) is 26.4 Å². The van der Waals surface area contributed by atoms with Crippen molar-refractivity contribution >= 4 is 22.6 Å². The number of fused-ring (bicyclic) bond motifs is 1. The van der Waals surface area contributed by atoms with Gasteiger partial charge in [-0.25, -0.2) is 9.37 Å². The largest absolute Gasteiger partial charge is 0.294 e. The van der Waals surface area contributed by atoms with E-state index in [1.54, 1.807) is 16.9 Å². The average Bonchev–Trinajstić information content (AvgIpc) is 2.90. The van der Waals surface area contributed by atoms with E-state index in [4.69, 9.17) is 11.6 Å². The summed E-state index contributed by atoms with van der Waals surface area (Å²) in [5.74, 6) is -0.447. The number of halogens is 2. The van der Waals surface area contributed by atoms with Gasteiger partial charge in [0.1, 0.15) is 17.5 Å². The van der Waals surface area contributed by atoms with Gasteiger partial charge in [0, 0.05) is 22.8 Å². The van der Waals surface area contributed by atoms with E-state index in [-0.39, 0.29) is 28.7 Å². The second kappa shape index (κ2) is 5.53. The molecule has 0 N–H and O–H groups in total. The maximum absolute atomic E-state index is 13.9. The molecule has 1 aromatic carbocycles. The Morgan fingerprint density at radius 3 is 2.82 bits per heavy atom. The third-order valence-corrected chi connectivity index (χ3v) is 3.80. The molecule has 7 heteroatoms. The molecule has 0 bridgehead atoms. The highest BCUT2D eigenvalue weighted by molar-refractivity contribution is 6.31. The summed E-state index contributed by atoms with van der Waals surface area (Å²) in [5.41, 5.74) is 0.384. The fourth-order valence-corrected chi connectivity index (χ4v) is 2.41. The maximum atomic E-state index is 13.9. The first-order valence-electron chi connectivity index (χ1n) is 6.84. The molecule has 0 amide bonds. The smallest absolute Gasteiger partial charge is 0.264 e. The first-order valence-corrected chi connectivity index (χ1v) is 7.22. The van der Waals surface area contributed by atoms with Crippen LogP contribution in [0.15, 0.2) is 35.5 Å². The number of hydrogen-bond donors (Lipinski definition) is 0. The molecule has 0 saturated carbocycles. The summed E-state index contributed by atoms with van der Waals surface area (Å²) >= 11 is 6.00. The average molecular weight is 321 g/mol. The van der Waals surface area contributed by atoms with Crippen LogP contribution in [0.25, 0.3) is 11.0 Å². The molecule has 3 aromatic rings. The lowest BCUT2D eigenvalue weighted by molar-refractivity contribution is 0.536. The Kier molecular flexibility index (Phi) is 3.70. The summed E-state index contributed by atoms with van der Waals surface area (Å²) in [6.45, 7) is 3.95. The Bertz CT molecular complexity index is 880. The van der Waals surface area contributed by atoms with Crippen molar-refractivity contribution in [3.8, 4) is 0 Å². The van der Waals surface area contributed by atoms with Gasteiger partial charge < -0.3 is 0 Å². The van der Waals surface area contributed by atoms with Gasteiger partial charge in [0.15, 0.2) is 5.65 Å². The van der Waals surface area contributed by atoms with Crippen LogP contribution in [0.5, 0.6) is 0 Å². The van der Waals surface area contributed by atoms with Gasteiger partial charge in [-0.05, 0) is 26.0 Å². The lowest BCUT2D eigenvalue weighted by atomic mass is 10.2. The molecule has 0 saturated heterocycles. The minimum atomic E-state index is -0.447. The molecule has 3 rings (SSSR count). The van der Waals surface area contributed by atoms with Crippen molar-refractivity contribution < 1.29 is 4.39 Å². The van der Waals surface area contributed by atoms with Crippen molar-refractivity contribution in [1.82, 2.24) is 19.3 Å². The van der Waals surface area contributed by atoms with Gasteiger partial charge in [-0.2, -0.15) is 5.10 Å². The third-order valence-electron chi connectivity index (χ3n) is 3.44. The fraction of sp³-hybridized carbons (Fsp3) is 0.267. The number of hydrogen-bond acceptors (Lipinski definition) is 3. The summed E-state index contributed by atoms with van der Waals surface area (Å²) in [4.78, 5) is 16.7. The van der Waals surface area contributed by atoms with Gasteiger partial charge in [-0.1, -0.05) is 17.7 Å². The highest BCUT2D eigenvalue weighted by atomic mass is 35.5. The van der Waals surface area contributed by atoms with Crippen molar-refractivity contribution in [3.05, 3.63) is 57.5 Å². The van der Waals surface area contributed by atoms with Crippen LogP contribution in [-0.4, -0.2) is 19.3 Å². The molecule has 114 valence electrons. The molecule has 0 aliphatic heterocycles. The van der Waals surface area contributed by atoms with Crippen molar-refractivity contribution in [2.24, 2.45) is 0 Å². The minimum absolute atomic E-state index is 0.0279. The molecule has 2 heterocycles. The fourth-order valence-electron chi connectivity index (χ4n) is 2.19. The maximum Gasteiger partial charge on any atom is 0.264 e. The molecule has 22 heavy (non-hydrogen) atoms. The zero-order valence-electron chi connectivity index (χ0n) is 12.1. The Labute approximate surface area is 131 Å². The molecule has 0 atom stereocenters. The van der Waals surface area contributed by atoms with Crippen LogP contribution in [0, 0.1) is 5.82 Å². The van der Waals surface area contributed by atoms with Crippen LogP contribution < -0.4 is 5.56 Å². The van der Waals surface area contributed by atoms with Gasteiger partial charge in [0.25, 0.3) is 5.56 Å². The number of benzene rings is 1. The molecule has 0 aliphatic carbocycles. The third kappa shape index (κ3) is 2.50. The standard InChI is InChI=1S/C15H14ClFN4O/c1-9(2)21-7-11-14(19-21)18-8-20(15(11)22)6-10-12(16)4-3-5-13(10)17/h3-5,7-9H,6H2,1-2H3. The van der Waals surface area contributed by atoms with E-state index in [1.807, 2.05) is 13.8 Å². The SMILES string of the molecule is CC(C)n1cc2c(=O)n(Cc3c(F)cccc3Cl)cnc2n1. The summed E-state index contributed by atoms with van der Waals surface area (Å²) in [6.07, 6.45) is 3.03. The number of nitrogens with zero attached hydrogens (tertiary/aromatic N) is 4. The molecule has 2 aromatic heterocycles. The Hall–Kier alpha value is -2.21. The monoisotopic (exact) mass is 320 g/mol. The van der Waals surface area contributed by atoms with Gasteiger partial charge in [-0.15, -0.1) is 0 Å². The molecule has 0 spiro atoms. The van der Waals surface area contributed by atoms with Crippen molar-refractivity contribution in [2.75, 3.05) is 0 Å². The number of rotatable bonds is 3. The minimum Gasteiger partial charge on any atom is -0.294 e. The van der Waals surface area contributed by atoms with Gasteiger partial charge in [-0.3, -0.25) is 14.0 Å². The van der Waals surface area contributed by atoms with E-state index in [1.165, 1.54) is 23.0 Å². The van der Waals surface area contributed by atoms with E-state index in [9.17, 15) is 9.18 Å². The van der Waals surface area contributed by atoms with Gasteiger partial charge in [0.05, 0.1) is 6.54 Å². The molecular formula is C15H14ClFN4O. The quantitative estimate of drug-likeness (QED) is 0.745. The van der Waals surface area contributed by atoms with Crippen LogP contribution in [0.1, 0.15) is 25.5 Å². The topological polar surface area (TPSA) is 52.7 Å². The van der Waals surface area contributed by atoms with Crippen molar-refractivity contribution in [1.29, 1.82) is 0 Å². The molecule has 0 fully saturated rings. The van der Waals surface area contributed by atoms with E-state index in [2.05, 4.69) is 10.1 Å². The predicted octanol–water partition coefficient (Wildman–Crippen LogP) is 3.01. The first kappa shape index (κ1) is 14.7. The Morgan fingerprint density at radius 2 is 2.14 bits per heavy atom. The Balaban J connectivity index is 2.09. The first-order chi connectivity index (χ1) is 10.5. The van der Waals surface area contributed by atoms with Crippen molar-refractivity contribution in [3.63, 3.8) is 0 Å². The number of aromatic nitrogens is 4. The van der Waals surface area contributed by atoms with Gasteiger partial charge in [0.2, 0.25) is 0 Å². The lowest BCUT2D eigenvalue weighted by Crippen LogP contribution is -2.21. The van der Waals surface area contributed by atoms with Crippen LogP contribution in [-0.2, 0) is 6.54 Å². The zero-order valence-corrected chi connectivity index (χ0v) is 12.9. The van der Waals surface area contributed by atoms with Crippen LogP contribution in [0.4, 0.5) is 4.39 Å². The van der Waals surface area contributed by atoms with E-state index < -0.39 is 5.82 Å². The molecule has 5 nitrogen and oxygen atoms in total. The molecule has 0 unspecified atom stereocenters. The summed E-state index contributed by atoms with van der Waals surface area (Å²) < 4.78 is 16.9. The van der Waals surface area contributed by atoms with E-state index in [0.29, 0.717) is 11.0 Å². The highest BCUT2D eigenvalue weighted by Gasteiger charge is 2.13. The Morgan fingerprint density at radius 1 is 1.36 bits per heavy atom. The van der Waals surface area contributed by atoms with Crippen LogP contribution in [0.2, 0.25) is 5.02 Å². The highest BCUT2D eigenvalue weighted by Crippen LogP contribution is 2.19. The zero-order chi connectivity index (χ0) is 15.9. The molecule has 0 aliphatic rings. The van der Waals surface area contributed by atoms with Crippen LogP contribution in [0.3, 0.4) is 0 Å². The molecular weight excluding hydrogens is 307 g/mol. The summed E-state index contributed by atoms with van der Waals surface area (Å²) in [7, 11) is 0. The van der Waals surface area contributed by atoms with Crippen LogP contribution >= 0.6 is 11.6 Å². The van der Waals surface area contributed by atoms with E-state index >= 15 is 0 Å². The second-order valence-corrected chi connectivity index (χ2v) is 5.73. The van der Waals surface area contributed by atoms with Gasteiger partial charge >= 0.3 is 0 Å². The summed E-state index contributed by atoms with van der Waals surface area (Å²) in [5, 5.41) is 4.94. The van der Waals surface area contributed by atoms with E-state index in [0.717, 1.165) is 0 Å². The molecule has 0 radical (unpaired) electrons. The summed E-state index contributed by atoms with van der Waals surface area (Å²) in [6, 6.07) is 4.56. The normalized spacial score (nSPS) is 11.5. The predicted molar refractivity (Wildman–Crippen MR) is 82.7 cm³/mol. The lowest BCUT2D eigenvalue weighted by Gasteiger charge is -2.07. The second-order valence-electron chi connectivity index (χ2n) is 5.32.